The molecule has 7 nitrogen and oxygen atoms in total. The second-order valence-electron chi connectivity index (χ2n) is 7.63. The van der Waals surface area contributed by atoms with Crippen molar-refractivity contribution >= 4 is 21.6 Å². The van der Waals surface area contributed by atoms with Crippen LogP contribution in [0.1, 0.15) is 24.0 Å². The average Bonchev–Trinajstić information content (AvgIpc) is 2.78. The zero-order valence-electron chi connectivity index (χ0n) is 17.5. The number of hydrogen-bond acceptors (Lipinski definition) is 5. The van der Waals surface area contributed by atoms with Crippen LogP contribution < -0.4 is 10.1 Å². The highest BCUT2D eigenvalue weighted by Gasteiger charge is 2.31. The summed E-state index contributed by atoms with van der Waals surface area (Å²) in [5, 5.41) is 11.8. The number of sulfonamides is 1. The van der Waals surface area contributed by atoms with Crippen LogP contribution >= 0.6 is 0 Å². The Kier molecular flexibility index (Phi) is 7.61. The van der Waals surface area contributed by atoms with Gasteiger partial charge in [0.05, 0.1) is 11.3 Å². The van der Waals surface area contributed by atoms with Crippen LogP contribution in [0.4, 0.5) is 18.9 Å². The van der Waals surface area contributed by atoms with E-state index in [2.05, 4.69) is 10.1 Å². The van der Waals surface area contributed by atoms with Gasteiger partial charge in [-0.1, -0.05) is 30.3 Å². The van der Waals surface area contributed by atoms with Gasteiger partial charge in [-0.15, -0.1) is 0 Å². The zero-order valence-corrected chi connectivity index (χ0v) is 18.3. The van der Waals surface area contributed by atoms with Gasteiger partial charge in [-0.2, -0.15) is 18.4 Å². The zero-order chi connectivity index (χ0) is 24.1. The molecule has 0 bridgehead atoms. The molecule has 0 aromatic heterocycles. The molecule has 1 saturated heterocycles. The van der Waals surface area contributed by atoms with Gasteiger partial charge in [0, 0.05) is 24.7 Å². The number of carbonyl (C=O) groups excluding carboxylic acids is 1. The number of halogens is 3. The standard InChI is InChI=1S/C22H22F3N3O4S/c23-22(24,25)15-32-20-7-6-19(12-18(20)13-26)27-21(29)17-8-10-28(11-9-17)33(30,31)14-16-4-2-1-3-5-16/h1-7,12,17H,8-11,14-15H2,(H,27,29). The monoisotopic (exact) mass is 481 g/mol. The van der Waals surface area contributed by atoms with Gasteiger partial charge in [0.15, 0.2) is 6.61 Å². The summed E-state index contributed by atoms with van der Waals surface area (Å²) in [7, 11) is -3.50. The number of nitrogens with one attached hydrogen (secondary N) is 1. The van der Waals surface area contributed by atoms with Crippen molar-refractivity contribution in [3.63, 3.8) is 0 Å². The van der Waals surface area contributed by atoms with E-state index in [1.807, 2.05) is 6.07 Å². The summed E-state index contributed by atoms with van der Waals surface area (Å²) in [6, 6.07) is 14.4. The van der Waals surface area contributed by atoms with Crippen molar-refractivity contribution in [1.82, 2.24) is 4.31 Å². The van der Waals surface area contributed by atoms with E-state index >= 15 is 0 Å². The molecule has 0 unspecified atom stereocenters. The fraction of sp³-hybridized carbons (Fsp3) is 0.364. The highest BCUT2D eigenvalue weighted by molar-refractivity contribution is 7.88. The molecule has 1 fully saturated rings. The lowest BCUT2D eigenvalue weighted by Crippen LogP contribution is -2.41. The smallest absolute Gasteiger partial charge is 0.422 e. The maximum atomic E-state index is 12.7. The molecule has 0 atom stereocenters. The number of carbonyl (C=O) groups is 1. The fourth-order valence-corrected chi connectivity index (χ4v) is 5.06. The summed E-state index contributed by atoms with van der Waals surface area (Å²) >= 11 is 0. The van der Waals surface area contributed by atoms with E-state index in [-0.39, 0.29) is 41.7 Å². The number of rotatable bonds is 7. The third-order valence-electron chi connectivity index (χ3n) is 5.17. The van der Waals surface area contributed by atoms with Crippen molar-refractivity contribution in [3.8, 4) is 11.8 Å². The summed E-state index contributed by atoms with van der Waals surface area (Å²) in [6.45, 7) is -1.11. The fourth-order valence-electron chi connectivity index (χ4n) is 3.50. The van der Waals surface area contributed by atoms with Gasteiger partial charge >= 0.3 is 6.18 Å². The Balaban J connectivity index is 1.56. The summed E-state index contributed by atoms with van der Waals surface area (Å²) in [6.07, 6.45) is -3.88. The maximum absolute atomic E-state index is 12.7. The SMILES string of the molecule is N#Cc1cc(NC(=O)C2CCN(S(=O)(=O)Cc3ccccc3)CC2)ccc1OCC(F)(F)F. The minimum absolute atomic E-state index is 0.107. The largest absolute Gasteiger partial charge is 0.483 e. The van der Waals surface area contributed by atoms with Crippen molar-refractivity contribution in [2.45, 2.75) is 24.8 Å². The molecule has 2 aromatic rings. The molecule has 0 saturated carbocycles. The molecule has 1 N–H and O–H groups in total. The number of hydrogen-bond donors (Lipinski definition) is 1. The van der Waals surface area contributed by atoms with E-state index in [4.69, 9.17) is 0 Å². The van der Waals surface area contributed by atoms with Crippen molar-refractivity contribution in [2.75, 3.05) is 25.0 Å². The Morgan fingerprint density at radius 2 is 1.82 bits per heavy atom. The number of alkyl halides is 3. The van der Waals surface area contributed by atoms with E-state index in [1.165, 1.54) is 22.5 Å². The second kappa shape index (κ2) is 10.2. The van der Waals surface area contributed by atoms with Gasteiger partial charge in [-0.25, -0.2) is 12.7 Å². The maximum Gasteiger partial charge on any atom is 0.422 e. The lowest BCUT2D eigenvalue weighted by molar-refractivity contribution is -0.153. The van der Waals surface area contributed by atoms with Gasteiger partial charge in [0.1, 0.15) is 11.8 Å². The van der Waals surface area contributed by atoms with Crippen molar-refractivity contribution in [1.29, 1.82) is 5.26 Å². The topological polar surface area (TPSA) is 99.5 Å². The molecule has 0 radical (unpaired) electrons. The number of amides is 1. The molecule has 1 aliphatic rings. The Bertz CT molecular complexity index is 1120. The first kappa shape index (κ1) is 24.5. The van der Waals surface area contributed by atoms with Crippen LogP contribution in [0.3, 0.4) is 0 Å². The van der Waals surface area contributed by atoms with Gasteiger partial charge in [-0.05, 0) is 36.6 Å². The Morgan fingerprint density at radius 1 is 1.15 bits per heavy atom. The van der Waals surface area contributed by atoms with Gasteiger partial charge in [0.2, 0.25) is 15.9 Å². The van der Waals surface area contributed by atoms with E-state index in [0.29, 0.717) is 18.4 Å². The van der Waals surface area contributed by atoms with Crippen molar-refractivity contribution < 1.29 is 31.1 Å². The highest BCUT2D eigenvalue weighted by Crippen LogP contribution is 2.27. The van der Waals surface area contributed by atoms with Gasteiger partial charge in [-0.3, -0.25) is 4.79 Å². The first-order chi connectivity index (χ1) is 15.6. The minimum Gasteiger partial charge on any atom is -0.483 e. The third-order valence-corrected chi connectivity index (χ3v) is 7.02. The minimum atomic E-state index is -4.54. The van der Waals surface area contributed by atoms with Crippen LogP contribution in [0, 0.1) is 17.2 Å². The van der Waals surface area contributed by atoms with Gasteiger partial charge in [0.25, 0.3) is 0 Å². The number of anilines is 1. The molecule has 1 amide bonds. The van der Waals surface area contributed by atoms with Gasteiger partial charge < -0.3 is 10.1 Å². The summed E-state index contributed by atoms with van der Waals surface area (Å²) < 4.78 is 68.3. The summed E-state index contributed by atoms with van der Waals surface area (Å²) in [4.78, 5) is 12.6. The Hall–Kier alpha value is -3.10. The lowest BCUT2D eigenvalue weighted by Gasteiger charge is -2.30. The normalized spacial score (nSPS) is 15.6. The molecule has 176 valence electrons. The van der Waals surface area contributed by atoms with E-state index in [1.54, 1.807) is 30.3 Å². The van der Waals surface area contributed by atoms with Crippen LogP contribution in [0.5, 0.6) is 5.75 Å². The van der Waals surface area contributed by atoms with Crippen LogP contribution in [0.25, 0.3) is 0 Å². The number of nitriles is 1. The predicted octanol–water partition coefficient (Wildman–Crippen LogP) is 3.68. The van der Waals surface area contributed by atoms with Crippen molar-refractivity contribution in [3.05, 3.63) is 59.7 Å². The van der Waals surface area contributed by atoms with Crippen LogP contribution in [0.15, 0.2) is 48.5 Å². The molecule has 0 aliphatic carbocycles. The molecule has 33 heavy (non-hydrogen) atoms. The van der Waals surface area contributed by atoms with E-state index in [0.717, 1.165) is 0 Å². The number of piperidine rings is 1. The molecular formula is C22H22F3N3O4S. The quantitative estimate of drug-likeness (QED) is 0.651. The molecule has 1 heterocycles. The molecule has 3 rings (SSSR count). The Labute approximate surface area is 189 Å². The van der Waals surface area contributed by atoms with E-state index < -0.39 is 28.7 Å². The second-order valence-corrected chi connectivity index (χ2v) is 9.60. The van der Waals surface area contributed by atoms with Crippen LogP contribution in [-0.4, -0.2) is 44.5 Å². The highest BCUT2D eigenvalue weighted by atomic mass is 32.2. The van der Waals surface area contributed by atoms with Crippen LogP contribution in [-0.2, 0) is 20.6 Å². The van der Waals surface area contributed by atoms with Crippen LogP contribution in [0.2, 0.25) is 0 Å². The first-order valence-corrected chi connectivity index (χ1v) is 11.7. The molecular weight excluding hydrogens is 459 g/mol. The molecule has 11 heteroatoms. The first-order valence-electron chi connectivity index (χ1n) is 10.1. The van der Waals surface area contributed by atoms with Crippen molar-refractivity contribution in [2.24, 2.45) is 5.92 Å². The number of ether oxygens (including phenoxy) is 1. The molecule has 2 aromatic carbocycles. The third kappa shape index (κ3) is 6.94. The average molecular weight is 481 g/mol. The lowest BCUT2D eigenvalue weighted by atomic mass is 9.97. The Morgan fingerprint density at radius 3 is 2.42 bits per heavy atom. The summed E-state index contributed by atoms with van der Waals surface area (Å²) in [5.41, 5.74) is 0.794. The number of nitrogens with zero attached hydrogens (tertiary/aromatic N) is 2. The number of benzene rings is 2. The molecule has 1 aliphatic heterocycles. The predicted molar refractivity (Wildman–Crippen MR) is 115 cm³/mol. The van der Waals surface area contributed by atoms with E-state index in [9.17, 15) is 31.6 Å². The summed E-state index contributed by atoms with van der Waals surface area (Å²) in [5.74, 6) is -1.11. The molecule has 0 spiro atoms.